The molecule has 1 aliphatic rings. The van der Waals surface area contributed by atoms with Gasteiger partial charge in [0.05, 0.1) is 13.7 Å². The summed E-state index contributed by atoms with van der Waals surface area (Å²) < 4.78 is 5.20. The Bertz CT molecular complexity index is 899. The van der Waals surface area contributed by atoms with Crippen LogP contribution in [-0.2, 0) is 24.3 Å². The molecule has 1 aliphatic heterocycles. The average Bonchev–Trinajstić information content (AvgIpc) is 3.18. The number of carbonyl (C=O) groups excluding carboxylic acids is 1. The molecule has 0 aliphatic carbocycles. The number of nitrogens with zero attached hydrogens (tertiary/aromatic N) is 2. The first-order valence-electron chi connectivity index (χ1n) is 10.8. The predicted octanol–water partition coefficient (Wildman–Crippen LogP) is 3.77. The largest absolute Gasteiger partial charge is 0.497 e. The Kier molecular flexibility index (Phi) is 8.59. The third-order valence-electron chi connectivity index (χ3n) is 5.28. The number of guanidine groups is 1. The van der Waals surface area contributed by atoms with Crippen molar-refractivity contribution in [1.82, 2.24) is 15.5 Å². The smallest absolute Gasteiger partial charge is 0.222 e. The van der Waals surface area contributed by atoms with E-state index in [1.165, 1.54) is 0 Å². The number of aliphatic imine (C=N–C) groups is 1. The summed E-state index contributed by atoms with van der Waals surface area (Å²) in [5.74, 6) is 1.79. The second-order valence-corrected chi connectivity index (χ2v) is 7.97. The molecule has 1 fully saturated rings. The molecule has 0 unspecified atom stereocenters. The van der Waals surface area contributed by atoms with Gasteiger partial charge in [0.2, 0.25) is 5.91 Å². The minimum atomic E-state index is 0.256. The Labute approximate surface area is 189 Å². The number of methoxy groups -OCH3 is 1. The lowest BCUT2D eigenvalue weighted by Gasteiger charge is -2.15. The first-order valence-corrected chi connectivity index (χ1v) is 11.2. The number of benzene rings is 2. The van der Waals surface area contributed by atoms with E-state index >= 15 is 0 Å². The van der Waals surface area contributed by atoms with Crippen LogP contribution in [0.1, 0.15) is 36.5 Å². The van der Waals surface area contributed by atoms with Crippen LogP contribution in [-0.4, -0.2) is 43.5 Å². The summed E-state index contributed by atoms with van der Waals surface area (Å²) in [4.78, 5) is 18.4. The Morgan fingerprint density at radius 1 is 1.16 bits per heavy atom. The van der Waals surface area contributed by atoms with Crippen LogP contribution in [0.2, 0.25) is 5.02 Å². The molecule has 1 saturated heterocycles. The Morgan fingerprint density at radius 3 is 2.58 bits per heavy atom. The lowest BCUT2D eigenvalue weighted by Crippen LogP contribution is -2.38. The molecule has 1 heterocycles. The molecule has 6 nitrogen and oxygen atoms in total. The van der Waals surface area contributed by atoms with Gasteiger partial charge in [-0.1, -0.05) is 41.9 Å². The minimum Gasteiger partial charge on any atom is -0.497 e. The summed E-state index contributed by atoms with van der Waals surface area (Å²) in [5.41, 5.74) is 3.36. The number of hydrogen-bond acceptors (Lipinski definition) is 3. The SMILES string of the molecule is CCNC(=NCc1ccc(CN2CCCC2=O)cc1)NCCc1ccc(OC)cc1Cl. The van der Waals surface area contributed by atoms with E-state index in [4.69, 9.17) is 16.3 Å². The minimum absolute atomic E-state index is 0.256. The second kappa shape index (κ2) is 11.6. The quantitative estimate of drug-likeness (QED) is 0.458. The summed E-state index contributed by atoms with van der Waals surface area (Å²) in [6, 6.07) is 14.1. The fourth-order valence-electron chi connectivity index (χ4n) is 3.53. The topological polar surface area (TPSA) is 66.0 Å². The highest BCUT2D eigenvalue weighted by Crippen LogP contribution is 2.22. The number of likely N-dealkylation sites (tertiary alicyclic amines) is 1. The molecule has 2 aromatic rings. The van der Waals surface area contributed by atoms with Gasteiger partial charge in [-0.15, -0.1) is 0 Å². The van der Waals surface area contributed by atoms with E-state index in [-0.39, 0.29) is 5.91 Å². The molecular weight excluding hydrogens is 412 g/mol. The van der Waals surface area contributed by atoms with Crippen molar-refractivity contribution in [2.75, 3.05) is 26.7 Å². The van der Waals surface area contributed by atoms with Crippen LogP contribution in [0.25, 0.3) is 0 Å². The number of hydrogen-bond donors (Lipinski definition) is 2. The summed E-state index contributed by atoms with van der Waals surface area (Å²) in [6.07, 6.45) is 2.44. The number of halogens is 1. The van der Waals surface area contributed by atoms with Gasteiger partial charge in [0, 0.05) is 37.6 Å². The van der Waals surface area contributed by atoms with Crippen LogP contribution >= 0.6 is 11.6 Å². The molecule has 1 amide bonds. The van der Waals surface area contributed by atoms with Gasteiger partial charge in [-0.05, 0) is 48.6 Å². The second-order valence-electron chi connectivity index (χ2n) is 7.56. The van der Waals surface area contributed by atoms with Gasteiger partial charge in [-0.2, -0.15) is 0 Å². The van der Waals surface area contributed by atoms with Crippen molar-refractivity contribution in [1.29, 1.82) is 0 Å². The van der Waals surface area contributed by atoms with Gasteiger partial charge < -0.3 is 20.3 Å². The standard InChI is InChI=1S/C24H31ClN4O2/c1-3-26-24(27-13-12-20-10-11-21(31-2)15-22(20)25)28-16-18-6-8-19(9-7-18)17-29-14-4-5-23(29)30/h6-11,15H,3-5,12-14,16-17H2,1-2H3,(H2,26,27,28). The van der Waals surface area contributed by atoms with E-state index in [9.17, 15) is 4.79 Å². The van der Waals surface area contributed by atoms with Crippen molar-refractivity contribution in [3.05, 3.63) is 64.2 Å². The van der Waals surface area contributed by atoms with E-state index in [0.717, 1.165) is 60.9 Å². The number of rotatable bonds is 9. The molecule has 0 radical (unpaired) electrons. The molecule has 0 spiro atoms. The zero-order valence-corrected chi connectivity index (χ0v) is 19.0. The van der Waals surface area contributed by atoms with Crippen LogP contribution in [0.5, 0.6) is 5.75 Å². The first kappa shape index (κ1) is 22.9. The maximum Gasteiger partial charge on any atom is 0.222 e. The summed E-state index contributed by atoms with van der Waals surface area (Å²) >= 11 is 6.32. The third-order valence-corrected chi connectivity index (χ3v) is 5.63. The normalized spacial score (nSPS) is 14.1. The zero-order valence-electron chi connectivity index (χ0n) is 18.3. The van der Waals surface area contributed by atoms with E-state index in [0.29, 0.717) is 24.5 Å². The lowest BCUT2D eigenvalue weighted by atomic mass is 10.1. The Hall–Kier alpha value is -2.73. The highest BCUT2D eigenvalue weighted by atomic mass is 35.5. The van der Waals surface area contributed by atoms with Gasteiger partial charge in [0.25, 0.3) is 0 Å². The van der Waals surface area contributed by atoms with Crippen LogP contribution in [0.4, 0.5) is 0 Å². The number of ether oxygens (including phenoxy) is 1. The number of carbonyl (C=O) groups is 1. The lowest BCUT2D eigenvalue weighted by molar-refractivity contribution is -0.128. The van der Waals surface area contributed by atoms with Crippen molar-refractivity contribution in [2.45, 2.75) is 39.3 Å². The average molecular weight is 443 g/mol. The molecule has 2 N–H and O–H groups in total. The van der Waals surface area contributed by atoms with Gasteiger partial charge >= 0.3 is 0 Å². The van der Waals surface area contributed by atoms with Gasteiger partial charge in [-0.3, -0.25) is 4.79 Å². The molecule has 0 bridgehead atoms. The van der Waals surface area contributed by atoms with Crippen LogP contribution < -0.4 is 15.4 Å². The van der Waals surface area contributed by atoms with E-state index < -0.39 is 0 Å². The summed E-state index contributed by atoms with van der Waals surface area (Å²) in [6.45, 7) is 5.71. The first-order chi connectivity index (χ1) is 15.1. The number of amides is 1. The highest BCUT2D eigenvalue weighted by Gasteiger charge is 2.19. The highest BCUT2D eigenvalue weighted by molar-refractivity contribution is 6.31. The van der Waals surface area contributed by atoms with Crippen molar-refractivity contribution in [3.8, 4) is 5.75 Å². The van der Waals surface area contributed by atoms with Crippen LogP contribution in [0, 0.1) is 0 Å². The van der Waals surface area contributed by atoms with E-state index in [1.54, 1.807) is 7.11 Å². The van der Waals surface area contributed by atoms with Crippen molar-refractivity contribution in [2.24, 2.45) is 4.99 Å². The third kappa shape index (κ3) is 6.89. The Morgan fingerprint density at radius 2 is 1.94 bits per heavy atom. The maximum atomic E-state index is 11.8. The van der Waals surface area contributed by atoms with Gasteiger partial charge in [0.15, 0.2) is 5.96 Å². The monoisotopic (exact) mass is 442 g/mol. The molecule has 31 heavy (non-hydrogen) atoms. The molecule has 0 saturated carbocycles. The van der Waals surface area contributed by atoms with Crippen LogP contribution in [0.3, 0.4) is 0 Å². The molecule has 3 rings (SSSR count). The molecule has 7 heteroatoms. The fourth-order valence-corrected chi connectivity index (χ4v) is 3.79. The van der Waals surface area contributed by atoms with Crippen molar-refractivity contribution >= 4 is 23.5 Å². The van der Waals surface area contributed by atoms with Gasteiger partial charge in [0.1, 0.15) is 5.75 Å². The predicted molar refractivity (Wildman–Crippen MR) is 126 cm³/mol. The maximum absolute atomic E-state index is 11.8. The molecule has 166 valence electrons. The molecule has 0 atom stereocenters. The van der Waals surface area contributed by atoms with Crippen molar-refractivity contribution in [3.63, 3.8) is 0 Å². The van der Waals surface area contributed by atoms with Gasteiger partial charge in [-0.25, -0.2) is 4.99 Å². The van der Waals surface area contributed by atoms with Crippen LogP contribution in [0.15, 0.2) is 47.5 Å². The van der Waals surface area contributed by atoms with E-state index in [2.05, 4.69) is 39.9 Å². The summed E-state index contributed by atoms with van der Waals surface area (Å²) in [5, 5.41) is 7.35. The van der Waals surface area contributed by atoms with E-state index in [1.807, 2.05) is 30.0 Å². The molecular formula is C24H31ClN4O2. The molecule has 0 aromatic heterocycles. The Balaban J connectivity index is 1.51. The number of nitrogens with one attached hydrogen (secondary N) is 2. The molecule has 2 aromatic carbocycles. The zero-order chi connectivity index (χ0) is 22.1. The summed E-state index contributed by atoms with van der Waals surface area (Å²) in [7, 11) is 1.63. The fraction of sp³-hybridized carbons (Fsp3) is 0.417. The van der Waals surface area contributed by atoms with Crippen molar-refractivity contribution < 1.29 is 9.53 Å².